The Kier molecular flexibility index (Phi) is 4.26. The number of aliphatic carboxylic acids is 1. The maximum absolute atomic E-state index is 12.1. The van der Waals surface area contributed by atoms with E-state index in [0.29, 0.717) is 5.56 Å². The van der Waals surface area contributed by atoms with Gasteiger partial charge in [-0.05, 0) is 29.7 Å². The number of anilines is 1. The molecule has 1 unspecified atom stereocenters. The third-order valence-corrected chi connectivity index (χ3v) is 3.60. The highest BCUT2D eigenvalue weighted by Gasteiger charge is 2.23. The van der Waals surface area contributed by atoms with E-state index in [1.165, 1.54) is 0 Å². The fourth-order valence-electron chi connectivity index (χ4n) is 2.28. The molecule has 1 aliphatic rings. The van der Waals surface area contributed by atoms with Crippen molar-refractivity contribution in [2.45, 2.75) is 20.3 Å². The van der Waals surface area contributed by atoms with Crippen molar-refractivity contribution in [3.63, 3.8) is 0 Å². The Morgan fingerprint density at radius 2 is 2.10 bits per heavy atom. The van der Waals surface area contributed by atoms with Crippen LogP contribution in [0.1, 0.15) is 29.8 Å². The molecule has 1 heterocycles. The van der Waals surface area contributed by atoms with Gasteiger partial charge >= 0.3 is 5.97 Å². The fourth-order valence-corrected chi connectivity index (χ4v) is 2.28. The molecule has 2 amide bonds. The van der Waals surface area contributed by atoms with Crippen LogP contribution in [0.4, 0.5) is 5.69 Å². The van der Waals surface area contributed by atoms with E-state index in [0.717, 1.165) is 11.3 Å². The molecule has 0 spiro atoms. The highest BCUT2D eigenvalue weighted by atomic mass is 16.4. The van der Waals surface area contributed by atoms with Crippen LogP contribution < -0.4 is 10.6 Å². The Morgan fingerprint density at radius 1 is 1.38 bits per heavy atom. The molecule has 1 aromatic rings. The van der Waals surface area contributed by atoms with E-state index in [4.69, 9.17) is 5.11 Å². The van der Waals surface area contributed by atoms with Crippen LogP contribution in [0.5, 0.6) is 0 Å². The van der Waals surface area contributed by atoms with Gasteiger partial charge in [-0.1, -0.05) is 13.8 Å². The van der Waals surface area contributed by atoms with Crippen molar-refractivity contribution >= 4 is 23.5 Å². The Bertz CT molecular complexity index is 595. The number of carboxylic acid groups (broad SMARTS) is 1. The summed E-state index contributed by atoms with van der Waals surface area (Å²) in [6, 6.07) is 4.96. The van der Waals surface area contributed by atoms with Crippen LogP contribution in [0, 0.1) is 11.8 Å². The molecule has 3 N–H and O–H groups in total. The first-order valence-corrected chi connectivity index (χ1v) is 6.82. The number of hydrogen-bond acceptors (Lipinski definition) is 3. The second-order valence-electron chi connectivity index (χ2n) is 5.50. The van der Waals surface area contributed by atoms with Crippen LogP contribution in [0.3, 0.4) is 0 Å². The molecule has 6 heteroatoms. The second kappa shape index (κ2) is 5.95. The van der Waals surface area contributed by atoms with Gasteiger partial charge in [-0.2, -0.15) is 0 Å². The van der Waals surface area contributed by atoms with Gasteiger partial charge in [0, 0.05) is 17.8 Å². The average Bonchev–Trinajstić information content (AvgIpc) is 2.76. The molecule has 112 valence electrons. The first kappa shape index (κ1) is 15.0. The number of carboxylic acids is 1. The van der Waals surface area contributed by atoms with Crippen molar-refractivity contribution in [1.29, 1.82) is 0 Å². The van der Waals surface area contributed by atoms with Gasteiger partial charge in [-0.25, -0.2) is 0 Å². The molecule has 6 nitrogen and oxygen atoms in total. The minimum Gasteiger partial charge on any atom is -0.481 e. The molecule has 0 saturated carbocycles. The molecule has 1 atom stereocenters. The Morgan fingerprint density at radius 3 is 2.71 bits per heavy atom. The van der Waals surface area contributed by atoms with Crippen molar-refractivity contribution in [2.75, 3.05) is 11.9 Å². The van der Waals surface area contributed by atoms with Crippen molar-refractivity contribution < 1.29 is 19.5 Å². The van der Waals surface area contributed by atoms with Crippen molar-refractivity contribution in [2.24, 2.45) is 11.8 Å². The van der Waals surface area contributed by atoms with Gasteiger partial charge in [0.1, 0.15) is 0 Å². The number of carbonyl (C=O) groups excluding carboxylic acids is 2. The van der Waals surface area contributed by atoms with E-state index < -0.39 is 11.9 Å². The first-order valence-electron chi connectivity index (χ1n) is 6.82. The van der Waals surface area contributed by atoms with Gasteiger partial charge < -0.3 is 15.7 Å². The lowest BCUT2D eigenvalue weighted by Crippen LogP contribution is -2.35. The highest BCUT2D eigenvalue weighted by molar-refractivity contribution is 6.01. The maximum atomic E-state index is 12.1. The Balaban J connectivity index is 2.03. The summed E-state index contributed by atoms with van der Waals surface area (Å²) in [6.07, 6.45) is 0.264. The Hall–Kier alpha value is -2.37. The summed E-state index contributed by atoms with van der Waals surface area (Å²) in [5.74, 6) is -2.03. The number of rotatable bonds is 5. The molecule has 1 aliphatic heterocycles. The predicted molar refractivity (Wildman–Crippen MR) is 77.1 cm³/mol. The third kappa shape index (κ3) is 3.39. The van der Waals surface area contributed by atoms with Gasteiger partial charge in [0.15, 0.2) is 0 Å². The van der Waals surface area contributed by atoms with Crippen LogP contribution in [-0.2, 0) is 16.0 Å². The summed E-state index contributed by atoms with van der Waals surface area (Å²) in [5, 5.41) is 14.4. The highest BCUT2D eigenvalue weighted by Crippen LogP contribution is 2.23. The lowest BCUT2D eigenvalue weighted by Gasteiger charge is -2.16. The van der Waals surface area contributed by atoms with E-state index in [1.807, 2.05) is 0 Å². The van der Waals surface area contributed by atoms with E-state index in [-0.39, 0.29) is 30.7 Å². The normalized spacial score (nSPS) is 14.5. The van der Waals surface area contributed by atoms with Crippen LogP contribution in [-0.4, -0.2) is 29.4 Å². The van der Waals surface area contributed by atoms with Gasteiger partial charge in [0.25, 0.3) is 5.91 Å². The number of amides is 2. The molecule has 0 saturated heterocycles. The summed E-state index contributed by atoms with van der Waals surface area (Å²) in [6.45, 7) is 3.69. The lowest BCUT2D eigenvalue weighted by atomic mass is 9.96. The molecule has 0 aliphatic carbocycles. The first-order chi connectivity index (χ1) is 9.88. The summed E-state index contributed by atoms with van der Waals surface area (Å²) in [7, 11) is 0. The van der Waals surface area contributed by atoms with E-state index in [9.17, 15) is 14.4 Å². The van der Waals surface area contributed by atoms with Crippen LogP contribution in [0.25, 0.3) is 0 Å². The summed E-state index contributed by atoms with van der Waals surface area (Å²) in [4.78, 5) is 34.4. The van der Waals surface area contributed by atoms with Crippen molar-refractivity contribution in [3.05, 3.63) is 29.3 Å². The number of benzene rings is 1. The van der Waals surface area contributed by atoms with Gasteiger partial charge in [-0.3, -0.25) is 14.4 Å². The molecule has 0 aromatic heterocycles. The zero-order valence-electron chi connectivity index (χ0n) is 12.0. The van der Waals surface area contributed by atoms with Gasteiger partial charge in [-0.15, -0.1) is 0 Å². The minimum atomic E-state index is -0.922. The molecule has 21 heavy (non-hydrogen) atoms. The Labute approximate surface area is 122 Å². The van der Waals surface area contributed by atoms with Crippen LogP contribution in [0.2, 0.25) is 0 Å². The molecule has 0 radical (unpaired) electrons. The smallest absolute Gasteiger partial charge is 0.308 e. The van der Waals surface area contributed by atoms with E-state index in [1.54, 1.807) is 32.0 Å². The maximum Gasteiger partial charge on any atom is 0.308 e. The van der Waals surface area contributed by atoms with Crippen molar-refractivity contribution in [1.82, 2.24) is 5.32 Å². The standard InChI is InChI=1S/C15H18N2O4/c1-8(2)11(15(20)21)7-16-14(19)9-3-4-12-10(5-9)6-13(18)17-12/h3-5,8,11H,6-7H2,1-2H3,(H,16,19)(H,17,18)(H,20,21). The van der Waals surface area contributed by atoms with E-state index in [2.05, 4.69) is 10.6 Å². The fraction of sp³-hybridized carbons (Fsp3) is 0.400. The van der Waals surface area contributed by atoms with Gasteiger partial charge in [0.2, 0.25) is 5.91 Å². The minimum absolute atomic E-state index is 0.0651. The summed E-state index contributed by atoms with van der Waals surface area (Å²) in [5.41, 5.74) is 1.94. The average molecular weight is 290 g/mol. The number of fused-ring (bicyclic) bond motifs is 1. The van der Waals surface area contributed by atoms with Crippen molar-refractivity contribution in [3.8, 4) is 0 Å². The molecule has 1 aromatic carbocycles. The van der Waals surface area contributed by atoms with E-state index >= 15 is 0 Å². The quantitative estimate of drug-likeness (QED) is 0.761. The monoisotopic (exact) mass is 290 g/mol. The number of hydrogen-bond donors (Lipinski definition) is 3. The largest absolute Gasteiger partial charge is 0.481 e. The summed E-state index contributed by atoms with van der Waals surface area (Å²) < 4.78 is 0. The lowest BCUT2D eigenvalue weighted by molar-refractivity contribution is -0.142. The topological polar surface area (TPSA) is 95.5 Å². The predicted octanol–water partition coefficient (Wildman–Crippen LogP) is 1.27. The third-order valence-electron chi connectivity index (χ3n) is 3.60. The zero-order chi connectivity index (χ0) is 15.6. The zero-order valence-corrected chi connectivity index (χ0v) is 12.0. The second-order valence-corrected chi connectivity index (χ2v) is 5.50. The number of carbonyl (C=O) groups is 3. The van der Waals surface area contributed by atoms with Gasteiger partial charge in [0.05, 0.1) is 12.3 Å². The van der Waals surface area contributed by atoms with Crippen LogP contribution >= 0.6 is 0 Å². The molecule has 2 rings (SSSR count). The summed E-state index contributed by atoms with van der Waals surface area (Å²) >= 11 is 0. The van der Waals surface area contributed by atoms with Crippen LogP contribution in [0.15, 0.2) is 18.2 Å². The molecule has 0 fully saturated rings. The molecular formula is C15H18N2O4. The SMILES string of the molecule is CC(C)C(CNC(=O)c1ccc2c(c1)CC(=O)N2)C(=O)O. The number of nitrogens with one attached hydrogen (secondary N) is 2. The molecular weight excluding hydrogens is 272 g/mol. The molecule has 0 bridgehead atoms.